The number of amides is 1. The van der Waals surface area contributed by atoms with Gasteiger partial charge in [0, 0.05) is 36.7 Å². The van der Waals surface area contributed by atoms with Crippen LogP contribution in [0, 0.1) is 17.1 Å². The molecular formula is C27H29FN4O3S2. The van der Waals surface area contributed by atoms with E-state index in [-0.39, 0.29) is 24.2 Å². The minimum Gasteiger partial charge on any atom is -0.490 e. The van der Waals surface area contributed by atoms with Crippen molar-refractivity contribution in [3.8, 4) is 11.8 Å². The third-order valence-corrected chi connectivity index (χ3v) is 8.00. The number of nitrogens with one attached hydrogen (secondary N) is 1. The molecule has 0 spiro atoms. The maximum Gasteiger partial charge on any atom is 0.229 e. The van der Waals surface area contributed by atoms with E-state index in [1.165, 1.54) is 17.4 Å². The number of carbonyl (C=O) groups is 1. The summed E-state index contributed by atoms with van der Waals surface area (Å²) >= 11 is 2.55. The highest BCUT2D eigenvalue weighted by atomic mass is 32.2. The Morgan fingerprint density at radius 1 is 1.30 bits per heavy atom. The molecule has 0 saturated heterocycles. The van der Waals surface area contributed by atoms with Gasteiger partial charge in [0.1, 0.15) is 29.2 Å². The number of nitriles is 1. The molecule has 1 unspecified atom stereocenters. The minimum absolute atomic E-state index is 0.131. The standard InChI is InChI=1S/C27H29FN4O3S2/c1-17-10-25-22(16-32(17)15-19-4-3-5-20(28)11-19)21(14-29)27(36-25)31-26(33)13-18-6-7-24(37-30)23(12-18)35-9-8-34-2/h3-7,11-12,17H,8-10,13,15-16,30H2,1-2H3,(H,31,33). The third-order valence-electron chi connectivity index (χ3n) is 6.24. The Morgan fingerprint density at radius 2 is 2.14 bits per heavy atom. The molecule has 1 aliphatic heterocycles. The Hall–Kier alpha value is -2.94. The van der Waals surface area contributed by atoms with Crippen LogP contribution in [0.2, 0.25) is 0 Å². The van der Waals surface area contributed by atoms with Crippen LogP contribution in [0.15, 0.2) is 47.4 Å². The van der Waals surface area contributed by atoms with Gasteiger partial charge >= 0.3 is 0 Å². The van der Waals surface area contributed by atoms with Crippen LogP contribution >= 0.6 is 23.3 Å². The fourth-order valence-electron chi connectivity index (χ4n) is 4.35. The van der Waals surface area contributed by atoms with Crippen LogP contribution < -0.4 is 15.2 Å². The van der Waals surface area contributed by atoms with Gasteiger partial charge in [-0.05, 0) is 60.7 Å². The van der Waals surface area contributed by atoms with Gasteiger partial charge in [0.25, 0.3) is 0 Å². The smallest absolute Gasteiger partial charge is 0.229 e. The summed E-state index contributed by atoms with van der Waals surface area (Å²) < 4.78 is 24.4. The molecule has 0 fully saturated rings. The zero-order valence-corrected chi connectivity index (χ0v) is 22.4. The number of rotatable bonds is 10. The third kappa shape index (κ3) is 6.69. The Labute approximate surface area is 224 Å². The van der Waals surface area contributed by atoms with Crippen LogP contribution in [-0.2, 0) is 35.5 Å². The molecule has 7 nitrogen and oxygen atoms in total. The van der Waals surface area contributed by atoms with E-state index in [1.54, 1.807) is 25.3 Å². The first kappa shape index (κ1) is 27.1. The van der Waals surface area contributed by atoms with Crippen molar-refractivity contribution >= 4 is 34.2 Å². The molecule has 2 aromatic carbocycles. The van der Waals surface area contributed by atoms with Crippen LogP contribution in [0.4, 0.5) is 9.39 Å². The SMILES string of the molecule is COCCOc1cc(CC(=O)Nc2sc3c(c2C#N)CN(Cc2cccc(F)c2)C(C)C3)ccc1SN. The lowest BCUT2D eigenvalue weighted by atomic mass is 9.99. The number of carbonyl (C=O) groups excluding carboxylic acids is 1. The van der Waals surface area contributed by atoms with Gasteiger partial charge in [0.15, 0.2) is 0 Å². The summed E-state index contributed by atoms with van der Waals surface area (Å²) in [4.78, 5) is 17.1. The highest BCUT2D eigenvalue weighted by Gasteiger charge is 2.29. The second-order valence-corrected chi connectivity index (χ2v) is 10.7. The van der Waals surface area contributed by atoms with Crippen molar-refractivity contribution in [2.24, 2.45) is 5.14 Å². The number of fused-ring (bicyclic) bond motifs is 1. The zero-order chi connectivity index (χ0) is 26.4. The lowest BCUT2D eigenvalue weighted by molar-refractivity contribution is -0.115. The number of nitrogens with zero attached hydrogens (tertiary/aromatic N) is 2. The maximum absolute atomic E-state index is 13.7. The van der Waals surface area contributed by atoms with E-state index in [1.807, 2.05) is 18.2 Å². The predicted molar refractivity (Wildman–Crippen MR) is 144 cm³/mol. The first-order chi connectivity index (χ1) is 17.9. The van der Waals surface area contributed by atoms with Crippen molar-refractivity contribution in [1.82, 2.24) is 4.90 Å². The molecule has 3 N–H and O–H groups in total. The zero-order valence-electron chi connectivity index (χ0n) is 20.8. The highest BCUT2D eigenvalue weighted by molar-refractivity contribution is 7.97. The molecule has 3 aromatic rings. The average molecular weight is 541 g/mol. The van der Waals surface area contributed by atoms with Crippen LogP contribution in [0.25, 0.3) is 0 Å². The molecule has 4 rings (SSSR count). The summed E-state index contributed by atoms with van der Waals surface area (Å²) in [6, 6.07) is 14.6. The second-order valence-electron chi connectivity index (χ2n) is 8.87. The molecule has 2 heterocycles. The molecule has 0 bridgehead atoms. The number of anilines is 1. The van der Waals surface area contributed by atoms with E-state index < -0.39 is 0 Å². The predicted octanol–water partition coefficient (Wildman–Crippen LogP) is 4.88. The fourth-order valence-corrected chi connectivity index (χ4v) is 6.03. The van der Waals surface area contributed by atoms with Gasteiger partial charge < -0.3 is 14.8 Å². The summed E-state index contributed by atoms with van der Waals surface area (Å²) in [5.74, 6) is 0.133. The van der Waals surface area contributed by atoms with Gasteiger partial charge in [-0.1, -0.05) is 18.2 Å². The van der Waals surface area contributed by atoms with Crippen LogP contribution in [-0.4, -0.2) is 37.2 Å². The summed E-state index contributed by atoms with van der Waals surface area (Å²) in [6.07, 6.45) is 0.895. The van der Waals surface area contributed by atoms with E-state index in [9.17, 15) is 14.4 Å². The number of hydrogen-bond acceptors (Lipinski definition) is 8. The topological polar surface area (TPSA) is 101 Å². The number of ether oxygens (including phenoxy) is 2. The van der Waals surface area contributed by atoms with E-state index >= 15 is 0 Å². The Kier molecular flexibility index (Phi) is 9.18. The first-order valence-electron chi connectivity index (χ1n) is 11.9. The molecular weight excluding hydrogens is 511 g/mol. The lowest BCUT2D eigenvalue weighted by Gasteiger charge is -2.33. The van der Waals surface area contributed by atoms with Crippen molar-refractivity contribution in [3.05, 3.63) is 75.4 Å². The second kappa shape index (κ2) is 12.5. The molecule has 0 aliphatic carbocycles. The Bertz CT molecular complexity index is 1310. The molecule has 1 aliphatic rings. The number of methoxy groups -OCH3 is 1. The van der Waals surface area contributed by atoms with E-state index in [4.69, 9.17) is 14.6 Å². The summed E-state index contributed by atoms with van der Waals surface area (Å²) in [5, 5.41) is 19.2. The van der Waals surface area contributed by atoms with Crippen molar-refractivity contribution < 1.29 is 18.7 Å². The summed E-state index contributed by atoms with van der Waals surface area (Å²) in [7, 11) is 1.60. The number of halogens is 1. The van der Waals surface area contributed by atoms with Crippen LogP contribution in [0.3, 0.4) is 0 Å². The lowest BCUT2D eigenvalue weighted by Crippen LogP contribution is -2.37. The normalized spacial score (nSPS) is 15.2. The number of benzene rings is 2. The van der Waals surface area contributed by atoms with Crippen LogP contribution in [0.1, 0.15) is 34.1 Å². The van der Waals surface area contributed by atoms with Gasteiger partial charge in [0.2, 0.25) is 5.91 Å². The molecule has 10 heteroatoms. The van der Waals surface area contributed by atoms with Gasteiger partial charge in [-0.3, -0.25) is 14.8 Å². The molecule has 1 amide bonds. The molecule has 0 saturated carbocycles. The van der Waals surface area contributed by atoms with Gasteiger partial charge in [-0.15, -0.1) is 11.3 Å². The Balaban J connectivity index is 1.46. The molecule has 1 atom stereocenters. The average Bonchev–Trinajstić information content (AvgIpc) is 3.19. The first-order valence-corrected chi connectivity index (χ1v) is 13.6. The maximum atomic E-state index is 13.7. The van der Waals surface area contributed by atoms with Crippen molar-refractivity contribution in [3.63, 3.8) is 0 Å². The number of nitrogens with two attached hydrogens (primary N) is 1. The van der Waals surface area contributed by atoms with E-state index in [0.29, 0.717) is 42.6 Å². The summed E-state index contributed by atoms with van der Waals surface area (Å²) in [6.45, 7) is 4.11. The molecule has 37 heavy (non-hydrogen) atoms. The molecule has 0 radical (unpaired) electrons. The fraction of sp³-hybridized carbons (Fsp3) is 0.333. The Morgan fingerprint density at radius 3 is 2.86 bits per heavy atom. The largest absolute Gasteiger partial charge is 0.490 e. The minimum atomic E-state index is -0.258. The van der Waals surface area contributed by atoms with E-state index in [2.05, 4.69) is 23.2 Å². The highest BCUT2D eigenvalue weighted by Crippen LogP contribution is 2.39. The van der Waals surface area contributed by atoms with Crippen molar-refractivity contribution in [2.75, 3.05) is 25.6 Å². The van der Waals surface area contributed by atoms with E-state index in [0.717, 1.165) is 44.8 Å². The summed E-state index contributed by atoms with van der Waals surface area (Å²) in [5.41, 5.74) is 3.11. The van der Waals surface area contributed by atoms with Gasteiger partial charge in [-0.2, -0.15) is 5.26 Å². The quantitative estimate of drug-likeness (QED) is 0.279. The van der Waals surface area contributed by atoms with Gasteiger partial charge in [-0.25, -0.2) is 4.39 Å². The molecule has 1 aromatic heterocycles. The monoisotopic (exact) mass is 540 g/mol. The van der Waals surface area contributed by atoms with Crippen LogP contribution in [0.5, 0.6) is 5.75 Å². The van der Waals surface area contributed by atoms with Crippen molar-refractivity contribution in [1.29, 1.82) is 5.26 Å². The molecule has 194 valence electrons. The van der Waals surface area contributed by atoms with Gasteiger partial charge in [0.05, 0.1) is 23.5 Å². The van der Waals surface area contributed by atoms with Crippen molar-refractivity contribution in [2.45, 2.75) is 43.8 Å². The number of thiophene rings is 1. The number of hydrogen-bond donors (Lipinski definition) is 2.